The third kappa shape index (κ3) is 2.61. The smallest absolute Gasteiger partial charge is 0.173 e. The summed E-state index contributed by atoms with van der Waals surface area (Å²) in [5, 5.41) is 11.9. The van der Waals surface area contributed by atoms with Gasteiger partial charge >= 0.3 is 0 Å². The van der Waals surface area contributed by atoms with Gasteiger partial charge in [-0.15, -0.1) is 11.8 Å². The molecule has 1 aromatic rings. The molecular formula is C11H17N3OS. The second-order valence-corrected chi connectivity index (χ2v) is 4.77. The van der Waals surface area contributed by atoms with Gasteiger partial charge in [0.25, 0.3) is 0 Å². The van der Waals surface area contributed by atoms with Gasteiger partial charge in [-0.05, 0) is 17.9 Å². The molecule has 0 saturated carbocycles. The summed E-state index contributed by atoms with van der Waals surface area (Å²) < 4.78 is 0. The molecule has 0 radical (unpaired) electrons. The minimum Gasteiger partial charge on any atom is -0.409 e. The summed E-state index contributed by atoms with van der Waals surface area (Å²) in [6.07, 6.45) is 0. The van der Waals surface area contributed by atoms with E-state index in [2.05, 4.69) is 12.1 Å². The van der Waals surface area contributed by atoms with Crippen LogP contribution in [0.5, 0.6) is 0 Å². The van der Waals surface area contributed by atoms with Crippen LogP contribution in [0.15, 0.2) is 28.3 Å². The van der Waals surface area contributed by atoms with Crippen molar-refractivity contribution in [3.05, 3.63) is 23.8 Å². The van der Waals surface area contributed by atoms with E-state index >= 15 is 0 Å². The lowest BCUT2D eigenvalue weighted by Crippen LogP contribution is -2.20. The van der Waals surface area contributed by atoms with Crippen LogP contribution in [0.2, 0.25) is 0 Å². The Morgan fingerprint density at radius 1 is 1.50 bits per heavy atom. The fraction of sp³-hybridized carbons (Fsp3) is 0.364. The molecule has 1 rings (SSSR count). The van der Waals surface area contributed by atoms with Gasteiger partial charge in [0, 0.05) is 24.7 Å². The van der Waals surface area contributed by atoms with Crippen LogP contribution in [0.1, 0.15) is 12.5 Å². The Bertz CT molecular complexity index is 391. The zero-order valence-electron chi connectivity index (χ0n) is 9.77. The molecule has 3 N–H and O–H groups in total. The predicted octanol–water partition coefficient (Wildman–Crippen LogP) is 1.96. The van der Waals surface area contributed by atoms with Crippen molar-refractivity contribution >= 4 is 23.3 Å². The number of hydrogen-bond donors (Lipinski definition) is 2. The van der Waals surface area contributed by atoms with Crippen molar-refractivity contribution in [2.24, 2.45) is 10.9 Å². The van der Waals surface area contributed by atoms with E-state index in [1.54, 1.807) is 11.8 Å². The van der Waals surface area contributed by atoms with Gasteiger partial charge in [-0.3, -0.25) is 0 Å². The number of thioether (sulfide) groups is 1. The number of oxime groups is 1. The lowest BCUT2D eigenvalue weighted by molar-refractivity contribution is 0.318. The highest BCUT2D eigenvalue weighted by Gasteiger charge is 2.13. The highest BCUT2D eigenvalue weighted by Crippen LogP contribution is 2.29. The number of nitrogens with zero attached hydrogens (tertiary/aromatic N) is 2. The molecule has 0 aliphatic carbocycles. The molecule has 0 aliphatic heterocycles. The monoisotopic (exact) mass is 239 g/mol. The zero-order chi connectivity index (χ0) is 12.1. The van der Waals surface area contributed by atoms with Crippen LogP contribution in [0.3, 0.4) is 0 Å². The fourth-order valence-corrected chi connectivity index (χ4v) is 2.31. The Kier molecular flexibility index (Phi) is 4.49. The lowest BCUT2D eigenvalue weighted by Gasteiger charge is -2.19. The SMILES string of the molecule is CCSc1cccc(N(C)C)c1/C(N)=N/O. The Labute approximate surface area is 100 Å². The Morgan fingerprint density at radius 2 is 2.19 bits per heavy atom. The average molecular weight is 239 g/mol. The standard InChI is InChI=1S/C11H17N3OS/c1-4-16-9-7-5-6-8(14(2)3)10(9)11(12)13-15/h5-7,15H,4H2,1-3H3,(H2,12,13). The first-order chi connectivity index (χ1) is 7.61. The summed E-state index contributed by atoms with van der Waals surface area (Å²) >= 11 is 1.68. The molecule has 0 atom stereocenters. The van der Waals surface area contributed by atoms with E-state index < -0.39 is 0 Å². The van der Waals surface area contributed by atoms with Crippen LogP contribution in [-0.4, -0.2) is 30.9 Å². The predicted molar refractivity (Wildman–Crippen MR) is 69.7 cm³/mol. The summed E-state index contributed by atoms with van der Waals surface area (Å²) in [6.45, 7) is 2.07. The fourth-order valence-electron chi connectivity index (χ4n) is 1.48. The molecule has 0 unspecified atom stereocenters. The van der Waals surface area contributed by atoms with E-state index in [9.17, 15) is 0 Å². The first-order valence-corrected chi connectivity index (χ1v) is 6.01. The van der Waals surface area contributed by atoms with Crippen LogP contribution in [0, 0.1) is 0 Å². The van der Waals surface area contributed by atoms with Crippen molar-refractivity contribution in [1.29, 1.82) is 0 Å². The lowest BCUT2D eigenvalue weighted by atomic mass is 10.1. The molecule has 0 bridgehead atoms. The van der Waals surface area contributed by atoms with E-state index in [1.165, 1.54) is 0 Å². The first kappa shape index (κ1) is 12.7. The topological polar surface area (TPSA) is 61.8 Å². The molecular weight excluding hydrogens is 222 g/mol. The van der Waals surface area contributed by atoms with Gasteiger partial charge in [-0.1, -0.05) is 18.1 Å². The molecule has 5 heteroatoms. The third-order valence-corrected chi connectivity index (χ3v) is 3.09. The third-order valence-electron chi connectivity index (χ3n) is 2.15. The summed E-state index contributed by atoms with van der Waals surface area (Å²) in [4.78, 5) is 2.98. The van der Waals surface area contributed by atoms with Gasteiger partial charge in [0.2, 0.25) is 0 Å². The maximum atomic E-state index is 8.82. The Hall–Kier alpha value is -1.36. The van der Waals surface area contributed by atoms with Crippen LogP contribution in [0.25, 0.3) is 0 Å². The van der Waals surface area contributed by atoms with Gasteiger partial charge in [-0.25, -0.2) is 0 Å². The quantitative estimate of drug-likeness (QED) is 0.277. The van der Waals surface area contributed by atoms with E-state index in [1.807, 2.05) is 37.2 Å². The molecule has 1 aromatic carbocycles. The van der Waals surface area contributed by atoms with E-state index in [4.69, 9.17) is 10.9 Å². The number of nitrogens with two attached hydrogens (primary N) is 1. The molecule has 0 saturated heterocycles. The zero-order valence-corrected chi connectivity index (χ0v) is 10.6. The largest absolute Gasteiger partial charge is 0.409 e. The molecule has 4 nitrogen and oxygen atoms in total. The van der Waals surface area contributed by atoms with Crippen molar-refractivity contribution in [1.82, 2.24) is 0 Å². The Balaban J connectivity index is 3.34. The summed E-state index contributed by atoms with van der Waals surface area (Å²) in [5.41, 5.74) is 7.47. The van der Waals surface area contributed by atoms with Crippen molar-refractivity contribution in [2.75, 3.05) is 24.7 Å². The van der Waals surface area contributed by atoms with E-state index in [-0.39, 0.29) is 5.84 Å². The molecule has 0 spiro atoms. The maximum absolute atomic E-state index is 8.82. The summed E-state index contributed by atoms with van der Waals surface area (Å²) in [7, 11) is 3.87. The normalized spacial score (nSPS) is 11.6. The van der Waals surface area contributed by atoms with Crippen LogP contribution in [0.4, 0.5) is 5.69 Å². The molecule has 0 aromatic heterocycles. The molecule has 0 amide bonds. The van der Waals surface area contributed by atoms with Gasteiger partial charge < -0.3 is 15.8 Å². The van der Waals surface area contributed by atoms with Crippen LogP contribution >= 0.6 is 11.8 Å². The molecule has 16 heavy (non-hydrogen) atoms. The van der Waals surface area contributed by atoms with Crippen molar-refractivity contribution < 1.29 is 5.21 Å². The van der Waals surface area contributed by atoms with Gasteiger partial charge in [0.05, 0.1) is 5.56 Å². The Morgan fingerprint density at radius 3 is 2.69 bits per heavy atom. The molecule has 0 fully saturated rings. The second kappa shape index (κ2) is 5.65. The molecule has 0 aliphatic rings. The average Bonchev–Trinajstić information content (AvgIpc) is 2.28. The first-order valence-electron chi connectivity index (χ1n) is 5.02. The maximum Gasteiger partial charge on any atom is 0.173 e. The van der Waals surface area contributed by atoms with E-state index in [0.29, 0.717) is 0 Å². The minimum atomic E-state index is 0.153. The van der Waals surface area contributed by atoms with Gasteiger partial charge in [0.15, 0.2) is 5.84 Å². The molecule has 88 valence electrons. The summed E-state index contributed by atoms with van der Waals surface area (Å²) in [5.74, 6) is 1.10. The highest BCUT2D eigenvalue weighted by molar-refractivity contribution is 7.99. The summed E-state index contributed by atoms with van der Waals surface area (Å²) in [6, 6.07) is 5.91. The van der Waals surface area contributed by atoms with Crippen molar-refractivity contribution in [2.45, 2.75) is 11.8 Å². The van der Waals surface area contributed by atoms with Crippen LogP contribution in [-0.2, 0) is 0 Å². The van der Waals surface area contributed by atoms with Crippen molar-refractivity contribution in [3.8, 4) is 0 Å². The van der Waals surface area contributed by atoms with Crippen molar-refractivity contribution in [3.63, 3.8) is 0 Å². The number of anilines is 1. The number of hydrogen-bond acceptors (Lipinski definition) is 4. The van der Waals surface area contributed by atoms with E-state index in [0.717, 1.165) is 21.9 Å². The number of amidine groups is 1. The van der Waals surface area contributed by atoms with Crippen LogP contribution < -0.4 is 10.6 Å². The number of rotatable bonds is 4. The second-order valence-electron chi connectivity index (χ2n) is 3.46. The van der Waals surface area contributed by atoms with Gasteiger partial charge in [0.1, 0.15) is 0 Å². The molecule has 0 heterocycles. The minimum absolute atomic E-state index is 0.153. The highest BCUT2D eigenvalue weighted by atomic mass is 32.2. The number of benzene rings is 1. The van der Waals surface area contributed by atoms with Gasteiger partial charge in [-0.2, -0.15) is 0 Å².